The number of fused-ring (bicyclic) bond motifs is 1. The second kappa shape index (κ2) is 11.5. The van der Waals surface area contributed by atoms with Crippen molar-refractivity contribution in [2.24, 2.45) is 0 Å². The first kappa shape index (κ1) is 28.6. The van der Waals surface area contributed by atoms with Crippen LogP contribution in [0.5, 0.6) is 0 Å². The summed E-state index contributed by atoms with van der Waals surface area (Å²) in [5.74, 6) is 0. The number of nitrogens with zero attached hydrogens (tertiary/aromatic N) is 3. The average Bonchev–Trinajstić information content (AvgIpc) is 3.56. The second-order valence-corrected chi connectivity index (χ2v) is 10.5. The number of halogens is 6. The number of aryl methyl sites for hydroxylation is 1. The van der Waals surface area contributed by atoms with E-state index in [4.69, 9.17) is 0 Å². The molecule has 41 heavy (non-hydrogen) atoms. The van der Waals surface area contributed by atoms with Crippen LogP contribution in [0.4, 0.5) is 31.5 Å². The number of aromatic amines is 1. The van der Waals surface area contributed by atoms with Gasteiger partial charge in [0.2, 0.25) is 5.13 Å². The number of aromatic nitrogens is 4. The van der Waals surface area contributed by atoms with E-state index in [9.17, 15) is 26.3 Å². The third-order valence-corrected chi connectivity index (χ3v) is 7.43. The van der Waals surface area contributed by atoms with Crippen molar-refractivity contribution in [2.45, 2.75) is 38.3 Å². The number of nitrogens with one attached hydrogen (secondary N) is 3. The molecule has 0 aliphatic carbocycles. The smallest absolute Gasteiger partial charge is 0.358 e. The lowest BCUT2D eigenvalue weighted by Crippen LogP contribution is -2.37. The van der Waals surface area contributed by atoms with Gasteiger partial charge in [-0.1, -0.05) is 47.7 Å². The number of hydrogen-bond acceptors (Lipinski definition) is 6. The normalized spacial score (nSPS) is 13.0. The standard InChI is InChI=1S/C28H24F6N6S/c1-16-23-13-19(8-9-24(23)38-37-16)25-39-40-26(41-25)36-15-22(12-17-4-2-6-20(10-17)27(29,30)31)35-14-18-5-3-7-21(11-18)28(32,33)34/h2-11,13,22,35H,12,14-15H2,1H3,(H,36,40)(H,37,38). The van der Waals surface area contributed by atoms with Crippen molar-refractivity contribution < 1.29 is 26.3 Å². The van der Waals surface area contributed by atoms with E-state index in [0.717, 1.165) is 46.4 Å². The van der Waals surface area contributed by atoms with Gasteiger partial charge in [0, 0.05) is 35.8 Å². The van der Waals surface area contributed by atoms with Gasteiger partial charge in [0.1, 0.15) is 5.01 Å². The minimum atomic E-state index is -4.49. The van der Waals surface area contributed by atoms with E-state index in [1.165, 1.54) is 23.5 Å². The Morgan fingerprint density at radius 3 is 2.24 bits per heavy atom. The zero-order valence-electron chi connectivity index (χ0n) is 21.6. The molecule has 0 amide bonds. The molecule has 13 heteroatoms. The Labute approximate surface area is 234 Å². The van der Waals surface area contributed by atoms with Crippen molar-refractivity contribution in [3.63, 3.8) is 0 Å². The molecule has 3 aromatic carbocycles. The third kappa shape index (κ3) is 7.03. The summed E-state index contributed by atoms with van der Waals surface area (Å²) in [6, 6.07) is 15.2. The Morgan fingerprint density at radius 2 is 1.54 bits per heavy atom. The summed E-state index contributed by atoms with van der Waals surface area (Å²) in [6.45, 7) is 2.24. The van der Waals surface area contributed by atoms with Crippen molar-refractivity contribution in [1.82, 2.24) is 25.7 Å². The number of alkyl halides is 6. The van der Waals surface area contributed by atoms with E-state index >= 15 is 0 Å². The van der Waals surface area contributed by atoms with Crippen LogP contribution >= 0.6 is 11.3 Å². The monoisotopic (exact) mass is 590 g/mol. The van der Waals surface area contributed by atoms with E-state index in [1.807, 2.05) is 25.1 Å². The fourth-order valence-corrected chi connectivity index (χ4v) is 5.14. The quantitative estimate of drug-likeness (QED) is 0.158. The van der Waals surface area contributed by atoms with Gasteiger partial charge in [0.25, 0.3) is 0 Å². The van der Waals surface area contributed by atoms with E-state index < -0.39 is 29.5 Å². The molecule has 3 N–H and O–H groups in total. The highest BCUT2D eigenvalue weighted by molar-refractivity contribution is 7.18. The van der Waals surface area contributed by atoms with Gasteiger partial charge >= 0.3 is 12.4 Å². The molecular formula is C28H24F6N6S. The molecule has 2 heterocycles. The van der Waals surface area contributed by atoms with Crippen LogP contribution in [-0.4, -0.2) is 33.0 Å². The topological polar surface area (TPSA) is 78.5 Å². The minimum absolute atomic E-state index is 0.0840. The highest BCUT2D eigenvalue weighted by atomic mass is 32.1. The largest absolute Gasteiger partial charge is 0.416 e. The summed E-state index contributed by atoms with van der Waals surface area (Å²) < 4.78 is 79.3. The van der Waals surface area contributed by atoms with Gasteiger partial charge in [-0.05, 0) is 54.8 Å². The molecule has 2 aromatic heterocycles. The molecule has 5 rings (SSSR count). The Balaban J connectivity index is 1.32. The Morgan fingerprint density at radius 1 is 0.854 bits per heavy atom. The second-order valence-electron chi connectivity index (χ2n) is 9.55. The van der Waals surface area contributed by atoms with Crippen molar-refractivity contribution in [2.75, 3.05) is 11.9 Å². The first-order chi connectivity index (χ1) is 19.5. The molecule has 0 saturated carbocycles. The van der Waals surface area contributed by atoms with Gasteiger partial charge in [0.05, 0.1) is 16.6 Å². The van der Waals surface area contributed by atoms with Crippen LogP contribution in [0.2, 0.25) is 0 Å². The van der Waals surface area contributed by atoms with Crippen LogP contribution in [-0.2, 0) is 25.3 Å². The van der Waals surface area contributed by atoms with E-state index in [0.29, 0.717) is 21.3 Å². The van der Waals surface area contributed by atoms with E-state index in [-0.39, 0.29) is 19.5 Å². The molecule has 0 aliphatic heterocycles. The summed E-state index contributed by atoms with van der Waals surface area (Å²) in [6.07, 6.45) is -8.78. The molecule has 1 unspecified atom stereocenters. The Kier molecular flexibility index (Phi) is 8.00. The van der Waals surface area contributed by atoms with Crippen molar-refractivity contribution in [3.05, 3.63) is 94.7 Å². The van der Waals surface area contributed by atoms with Crippen LogP contribution in [0.1, 0.15) is 27.9 Å². The summed E-state index contributed by atoms with van der Waals surface area (Å²) >= 11 is 1.31. The van der Waals surface area contributed by atoms with Crippen molar-refractivity contribution in [1.29, 1.82) is 0 Å². The number of hydrogen-bond donors (Lipinski definition) is 3. The summed E-state index contributed by atoms with van der Waals surface area (Å²) in [5, 5.41) is 24.1. The molecule has 214 valence electrons. The molecule has 0 fully saturated rings. The van der Waals surface area contributed by atoms with Crippen LogP contribution in [0.3, 0.4) is 0 Å². The molecule has 5 aromatic rings. The lowest BCUT2D eigenvalue weighted by Gasteiger charge is -2.20. The molecular weight excluding hydrogens is 566 g/mol. The maximum Gasteiger partial charge on any atom is 0.416 e. The van der Waals surface area contributed by atoms with Gasteiger partial charge < -0.3 is 10.6 Å². The van der Waals surface area contributed by atoms with Crippen molar-refractivity contribution >= 4 is 27.4 Å². The minimum Gasteiger partial charge on any atom is -0.358 e. The van der Waals surface area contributed by atoms with Crippen LogP contribution in [0.25, 0.3) is 21.5 Å². The molecule has 0 aliphatic rings. The SMILES string of the molecule is Cc1[nH]nc2ccc(-c3nnc(NCC(Cc4cccc(C(F)(F)F)c4)NCc4cccc(C(F)(F)F)c4)s3)cc12. The highest BCUT2D eigenvalue weighted by Crippen LogP contribution is 2.32. The first-order valence-corrected chi connectivity index (χ1v) is 13.4. The molecule has 0 saturated heterocycles. The molecule has 0 spiro atoms. The van der Waals surface area contributed by atoms with Crippen LogP contribution in [0.15, 0.2) is 66.7 Å². The number of H-pyrrole nitrogens is 1. The highest BCUT2D eigenvalue weighted by Gasteiger charge is 2.31. The Bertz CT molecular complexity index is 1640. The summed E-state index contributed by atoms with van der Waals surface area (Å²) in [5.41, 5.74) is 1.91. The van der Waals surface area contributed by atoms with Crippen LogP contribution < -0.4 is 10.6 Å². The predicted octanol–water partition coefficient (Wildman–Crippen LogP) is 7.24. The van der Waals surface area contributed by atoms with E-state index in [2.05, 4.69) is 31.0 Å². The Hall–Kier alpha value is -3.97. The molecule has 0 bridgehead atoms. The zero-order valence-corrected chi connectivity index (χ0v) is 22.4. The van der Waals surface area contributed by atoms with Gasteiger partial charge in [-0.2, -0.15) is 31.4 Å². The third-order valence-electron chi connectivity index (χ3n) is 6.50. The lowest BCUT2D eigenvalue weighted by atomic mass is 10.0. The predicted molar refractivity (Wildman–Crippen MR) is 145 cm³/mol. The molecule has 0 radical (unpaired) electrons. The van der Waals surface area contributed by atoms with Crippen molar-refractivity contribution in [3.8, 4) is 10.6 Å². The number of benzene rings is 3. The average molecular weight is 591 g/mol. The number of anilines is 1. The fraction of sp³-hybridized carbons (Fsp3) is 0.250. The maximum atomic E-state index is 13.3. The number of rotatable bonds is 9. The fourth-order valence-electron chi connectivity index (χ4n) is 4.39. The maximum absolute atomic E-state index is 13.3. The van der Waals surface area contributed by atoms with E-state index in [1.54, 1.807) is 12.1 Å². The summed E-state index contributed by atoms with van der Waals surface area (Å²) in [4.78, 5) is 0. The van der Waals surface area contributed by atoms with Crippen LogP contribution in [0, 0.1) is 6.92 Å². The lowest BCUT2D eigenvalue weighted by molar-refractivity contribution is -0.138. The molecule has 6 nitrogen and oxygen atoms in total. The van der Waals surface area contributed by atoms with Gasteiger partial charge in [-0.25, -0.2) is 0 Å². The van der Waals surface area contributed by atoms with Gasteiger partial charge in [-0.3, -0.25) is 5.10 Å². The zero-order chi connectivity index (χ0) is 29.2. The molecule has 1 atom stereocenters. The van der Waals surface area contributed by atoms with Gasteiger partial charge in [-0.15, -0.1) is 10.2 Å². The first-order valence-electron chi connectivity index (χ1n) is 12.5. The van der Waals surface area contributed by atoms with Gasteiger partial charge in [0.15, 0.2) is 0 Å². The summed E-state index contributed by atoms with van der Waals surface area (Å²) in [7, 11) is 0.